The fourth-order valence-corrected chi connectivity index (χ4v) is 2.44. The Labute approximate surface area is 108 Å². The van der Waals surface area contributed by atoms with Gasteiger partial charge in [0.05, 0.1) is 6.61 Å². The lowest BCUT2D eigenvalue weighted by molar-refractivity contribution is 0.0500. The number of fused-ring (bicyclic) bond motifs is 1. The first-order chi connectivity index (χ1) is 8.93. The molecular weight excluding hydrogens is 224 g/mol. The highest BCUT2D eigenvalue weighted by Crippen LogP contribution is 2.26. The Balaban J connectivity index is 1.74. The summed E-state index contributed by atoms with van der Waals surface area (Å²) >= 11 is 0. The summed E-state index contributed by atoms with van der Waals surface area (Å²) in [6, 6.07) is 14.6. The molecule has 0 bridgehead atoms. The van der Waals surface area contributed by atoms with Crippen LogP contribution in [0.25, 0.3) is 10.8 Å². The summed E-state index contributed by atoms with van der Waals surface area (Å²) < 4.78 is 11.4. The number of hydrogen-bond acceptors (Lipinski definition) is 2. The van der Waals surface area contributed by atoms with Gasteiger partial charge in [-0.3, -0.25) is 0 Å². The van der Waals surface area contributed by atoms with Crippen molar-refractivity contribution < 1.29 is 9.47 Å². The van der Waals surface area contributed by atoms with Gasteiger partial charge in [-0.05, 0) is 30.2 Å². The quantitative estimate of drug-likeness (QED) is 0.818. The zero-order valence-electron chi connectivity index (χ0n) is 10.5. The first-order valence-electron chi connectivity index (χ1n) is 6.62. The second kappa shape index (κ2) is 5.40. The molecule has 0 aromatic heterocycles. The van der Waals surface area contributed by atoms with E-state index < -0.39 is 0 Å². The standard InChI is InChI=1S/C16H18O2/c1-2-6-15-14(4-1)5-3-7-16(15)18-12-13-8-10-17-11-9-13/h1-7,13H,8-12H2. The minimum absolute atomic E-state index is 0.637. The summed E-state index contributed by atoms with van der Waals surface area (Å²) in [7, 11) is 0. The summed E-state index contributed by atoms with van der Waals surface area (Å²) in [5.41, 5.74) is 0. The molecule has 0 spiro atoms. The highest BCUT2D eigenvalue weighted by Gasteiger charge is 2.14. The lowest BCUT2D eigenvalue weighted by atomic mass is 10.0. The van der Waals surface area contributed by atoms with E-state index in [1.807, 2.05) is 0 Å². The average molecular weight is 242 g/mol. The first kappa shape index (κ1) is 11.5. The molecule has 1 heterocycles. The normalized spacial score (nSPS) is 16.9. The lowest BCUT2D eigenvalue weighted by Gasteiger charge is -2.22. The minimum Gasteiger partial charge on any atom is -0.493 e. The van der Waals surface area contributed by atoms with Gasteiger partial charge in [-0.15, -0.1) is 0 Å². The molecule has 2 nitrogen and oxygen atoms in total. The number of benzene rings is 2. The van der Waals surface area contributed by atoms with Crippen LogP contribution in [0, 0.1) is 5.92 Å². The van der Waals surface area contributed by atoms with E-state index in [4.69, 9.17) is 9.47 Å². The molecule has 1 saturated heterocycles. The molecule has 3 rings (SSSR count). The molecule has 94 valence electrons. The third-order valence-corrected chi connectivity index (χ3v) is 3.57. The third kappa shape index (κ3) is 2.49. The molecule has 18 heavy (non-hydrogen) atoms. The molecule has 0 amide bonds. The second-order valence-electron chi connectivity index (χ2n) is 4.84. The highest BCUT2D eigenvalue weighted by molar-refractivity contribution is 5.88. The SMILES string of the molecule is c1ccc2c(OCC3CCOCC3)cccc2c1. The zero-order chi connectivity index (χ0) is 12.2. The van der Waals surface area contributed by atoms with Crippen LogP contribution in [0.2, 0.25) is 0 Å². The van der Waals surface area contributed by atoms with Crippen molar-refractivity contribution in [3.8, 4) is 5.75 Å². The molecule has 0 atom stereocenters. The summed E-state index contributed by atoms with van der Waals surface area (Å²) in [4.78, 5) is 0. The Hall–Kier alpha value is -1.54. The number of hydrogen-bond donors (Lipinski definition) is 0. The van der Waals surface area contributed by atoms with Crippen LogP contribution in [0.1, 0.15) is 12.8 Å². The predicted molar refractivity (Wildman–Crippen MR) is 73.0 cm³/mol. The van der Waals surface area contributed by atoms with Crippen LogP contribution in [0.15, 0.2) is 42.5 Å². The maximum atomic E-state index is 6.00. The molecule has 0 N–H and O–H groups in total. The van der Waals surface area contributed by atoms with Gasteiger partial charge in [0, 0.05) is 18.6 Å². The van der Waals surface area contributed by atoms with Crippen molar-refractivity contribution >= 4 is 10.8 Å². The molecule has 2 aromatic rings. The second-order valence-corrected chi connectivity index (χ2v) is 4.84. The van der Waals surface area contributed by atoms with E-state index in [1.54, 1.807) is 0 Å². The molecule has 1 fully saturated rings. The molecular formula is C16H18O2. The van der Waals surface area contributed by atoms with Gasteiger partial charge in [0.1, 0.15) is 5.75 Å². The predicted octanol–water partition coefficient (Wildman–Crippen LogP) is 3.65. The topological polar surface area (TPSA) is 18.5 Å². The maximum Gasteiger partial charge on any atom is 0.127 e. The number of rotatable bonds is 3. The van der Waals surface area contributed by atoms with E-state index in [0.717, 1.165) is 38.4 Å². The van der Waals surface area contributed by atoms with E-state index in [2.05, 4.69) is 42.5 Å². The van der Waals surface area contributed by atoms with Crippen LogP contribution in [0.3, 0.4) is 0 Å². The summed E-state index contributed by atoms with van der Waals surface area (Å²) in [6.07, 6.45) is 2.23. The number of ether oxygens (including phenoxy) is 2. The van der Waals surface area contributed by atoms with Crippen molar-refractivity contribution in [2.24, 2.45) is 5.92 Å². The van der Waals surface area contributed by atoms with Crippen molar-refractivity contribution in [1.29, 1.82) is 0 Å². The van der Waals surface area contributed by atoms with Crippen molar-refractivity contribution in [2.75, 3.05) is 19.8 Å². The van der Waals surface area contributed by atoms with Crippen LogP contribution in [0.5, 0.6) is 5.75 Å². The van der Waals surface area contributed by atoms with Crippen LogP contribution in [-0.2, 0) is 4.74 Å². The third-order valence-electron chi connectivity index (χ3n) is 3.57. The van der Waals surface area contributed by atoms with E-state index >= 15 is 0 Å². The minimum atomic E-state index is 0.637. The van der Waals surface area contributed by atoms with Crippen molar-refractivity contribution in [3.63, 3.8) is 0 Å². The van der Waals surface area contributed by atoms with E-state index in [1.165, 1.54) is 10.8 Å². The van der Waals surface area contributed by atoms with Crippen molar-refractivity contribution in [3.05, 3.63) is 42.5 Å². The van der Waals surface area contributed by atoms with Gasteiger partial charge in [-0.2, -0.15) is 0 Å². The van der Waals surface area contributed by atoms with Crippen molar-refractivity contribution in [1.82, 2.24) is 0 Å². The molecule has 0 saturated carbocycles. The Morgan fingerprint density at radius 3 is 2.67 bits per heavy atom. The largest absolute Gasteiger partial charge is 0.493 e. The zero-order valence-corrected chi connectivity index (χ0v) is 10.5. The highest BCUT2D eigenvalue weighted by atomic mass is 16.5. The van der Waals surface area contributed by atoms with Crippen molar-refractivity contribution in [2.45, 2.75) is 12.8 Å². The van der Waals surface area contributed by atoms with Gasteiger partial charge in [0.25, 0.3) is 0 Å². The van der Waals surface area contributed by atoms with Gasteiger partial charge in [0.2, 0.25) is 0 Å². The van der Waals surface area contributed by atoms with Crippen LogP contribution < -0.4 is 4.74 Å². The smallest absolute Gasteiger partial charge is 0.127 e. The molecule has 0 unspecified atom stereocenters. The first-order valence-corrected chi connectivity index (χ1v) is 6.62. The molecule has 1 aliphatic rings. The maximum absolute atomic E-state index is 6.00. The molecule has 0 radical (unpaired) electrons. The van der Waals surface area contributed by atoms with E-state index in [9.17, 15) is 0 Å². The Morgan fingerprint density at radius 1 is 1.00 bits per heavy atom. The lowest BCUT2D eigenvalue weighted by Crippen LogP contribution is -2.21. The molecule has 2 heteroatoms. The average Bonchev–Trinajstić information content (AvgIpc) is 2.46. The summed E-state index contributed by atoms with van der Waals surface area (Å²) in [6.45, 7) is 2.56. The summed E-state index contributed by atoms with van der Waals surface area (Å²) in [5, 5.41) is 2.44. The van der Waals surface area contributed by atoms with E-state index in [0.29, 0.717) is 5.92 Å². The van der Waals surface area contributed by atoms with Gasteiger partial charge < -0.3 is 9.47 Å². The van der Waals surface area contributed by atoms with Gasteiger partial charge in [0.15, 0.2) is 0 Å². The summed E-state index contributed by atoms with van der Waals surface area (Å²) in [5.74, 6) is 1.64. The monoisotopic (exact) mass is 242 g/mol. The van der Waals surface area contributed by atoms with E-state index in [-0.39, 0.29) is 0 Å². The van der Waals surface area contributed by atoms with Gasteiger partial charge >= 0.3 is 0 Å². The Kier molecular flexibility index (Phi) is 3.47. The fraction of sp³-hybridized carbons (Fsp3) is 0.375. The van der Waals surface area contributed by atoms with Gasteiger partial charge in [-0.25, -0.2) is 0 Å². The van der Waals surface area contributed by atoms with Crippen LogP contribution >= 0.6 is 0 Å². The van der Waals surface area contributed by atoms with Crippen LogP contribution in [-0.4, -0.2) is 19.8 Å². The van der Waals surface area contributed by atoms with Gasteiger partial charge in [-0.1, -0.05) is 36.4 Å². The fourth-order valence-electron chi connectivity index (χ4n) is 2.44. The molecule has 1 aliphatic heterocycles. The molecule has 0 aliphatic carbocycles. The molecule has 2 aromatic carbocycles. The Bertz CT molecular complexity index is 510. The van der Waals surface area contributed by atoms with Crippen LogP contribution in [0.4, 0.5) is 0 Å². The Morgan fingerprint density at radius 2 is 1.78 bits per heavy atom.